The lowest BCUT2D eigenvalue weighted by atomic mass is 9.69. The van der Waals surface area contributed by atoms with Crippen LogP contribution in [0.4, 0.5) is 0 Å². The Morgan fingerprint density at radius 2 is 1.23 bits per heavy atom. The minimum atomic E-state index is -2.67. The summed E-state index contributed by atoms with van der Waals surface area (Å²) in [6.45, 7) is 5.21. The molecule has 2 aliphatic carbocycles. The first-order valence-corrected chi connectivity index (χ1v) is 11.1. The topological polar surface area (TPSA) is 27.7 Å². The van der Waals surface area contributed by atoms with E-state index in [0.717, 1.165) is 0 Å². The Bertz CT molecular complexity index is 300. The van der Waals surface area contributed by atoms with Crippen molar-refractivity contribution in [1.29, 1.82) is 0 Å². The van der Waals surface area contributed by atoms with Crippen molar-refractivity contribution in [3.05, 3.63) is 0 Å². The van der Waals surface area contributed by atoms with Gasteiger partial charge in [-0.05, 0) is 44.4 Å². The summed E-state index contributed by atoms with van der Waals surface area (Å²) in [7, 11) is 0.958. The van der Waals surface area contributed by atoms with Crippen LogP contribution in [-0.4, -0.2) is 29.6 Å². The largest absolute Gasteiger partial charge is 0.507 e. The van der Waals surface area contributed by atoms with Gasteiger partial charge in [0.1, 0.15) is 0 Å². The molecule has 2 saturated carbocycles. The van der Waals surface area contributed by atoms with E-state index in [9.17, 15) is 0 Å². The predicted octanol–water partition coefficient (Wildman–Crippen LogP) is 5.18. The summed E-state index contributed by atoms with van der Waals surface area (Å²) in [4.78, 5) is 0. The molecule has 0 aromatic heterocycles. The molecule has 0 heterocycles. The van der Waals surface area contributed by atoms with Gasteiger partial charge in [-0.15, -0.1) is 0 Å². The Labute approximate surface area is 138 Å². The highest BCUT2D eigenvalue weighted by atomic mass is 28.4. The van der Waals surface area contributed by atoms with Crippen LogP contribution in [-0.2, 0) is 13.3 Å². The summed E-state index contributed by atoms with van der Waals surface area (Å²) in [5, 5.41) is 0.0767. The lowest BCUT2D eigenvalue weighted by Crippen LogP contribution is -2.60. The molecule has 0 unspecified atom stereocenters. The molecule has 0 N–H and O–H groups in total. The molecule has 0 aliphatic heterocycles. The van der Waals surface area contributed by atoms with Crippen LogP contribution in [0.1, 0.15) is 78.1 Å². The average molecular weight is 329 g/mol. The molecule has 0 bridgehead atoms. The number of hydrogen-bond acceptors (Lipinski definition) is 3. The molecule has 0 aromatic rings. The molecular formula is C18H36O3Si. The molecule has 0 saturated heterocycles. The number of hydrogen-bond donors (Lipinski definition) is 0. The molecule has 3 nitrogen and oxygen atoms in total. The Balaban J connectivity index is 2.36. The van der Waals surface area contributed by atoms with Gasteiger partial charge in [0.05, 0.1) is 0 Å². The lowest BCUT2D eigenvalue weighted by molar-refractivity contribution is 0.0242. The highest BCUT2D eigenvalue weighted by molar-refractivity contribution is 6.64. The van der Waals surface area contributed by atoms with Gasteiger partial charge in [-0.2, -0.15) is 0 Å². The van der Waals surface area contributed by atoms with Crippen molar-refractivity contribution >= 4 is 8.80 Å². The molecule has 0 spiro atoms. The summed E-state index contributed by atoms with van der Waals surface area (Å²) in [6.07, 6.45) is 13.5. The fourth-order valence-corrected chi connectivity index (χ4v) is 8.77. The molecule has 2 rings (SSSR count). The normalized spacial score (nSPS) is 22.9. The average Bonchev–Trinajstić information content (AvgIpc) is 2.60. The third-order valence-electron chi connectivity index (χ3n) is 6.44. The lowest BCUT2D eigenvalue weighted by Gasteiger charge is -2.53. The van der Waals surface area contributed by atoms with Crippen molar-refractivity contribution in [2.24, 2.45) is 11.8 Å². The van der Waals surface area contributed by atoms with Gasteiger partial charge in [0.25, 0.3) is 0 Å². The Kier molecular flexibility index (Phi) is 6.93. The molecule has 2 fully saturated rings. The van der Waals surface area contributed by atoms with Crippen LogP contribution < -0.4 is 0 Å². The molecule has 0 amide bonds. The van der Waals surface area contributed by atoms with Gasteiger partial charge in [0, 0.05) is 25.9 Å². The van der Waals surface area contributed by atoms with Crippen molar-refractivity contribution in [2.45, 2.75) is 83.1 Å². The van der Waals surface area contributed by atoms with E-state index < -0.39 is 8.80 Å². The van der Waals surface area contributed by atoms with Crippen LogP contribution in [0.15, 0.2) is 0 Å². The van der Waals surface area contributed by atoms with E-state index >= 15 is 0 Å². The molecular weight excluding hydrogens is 292 g/mol. The van der Waals surface area contributed by atoms with Crippen LogP contribution in [0.2, 0.25) is 5.04 Å². The Morgan fingerprint density at radius 3 is 1.55 bits per heavy atom. The third kappa shape index (κ3) is 3.30. The Morgan fingerprint density at radius 1 is 0.818 bits per heavy atom. The van der Waals surface area contributed by atoms with Crippen LogP contribution >= 0.6 is 0 Å². The molecule has 130 valence electrons. The van der Waals surface area contributed by atoms with Crippen LogP contribution in [0.3, 0.4) is 0 Å². The van der Waals surface area contributed by atoms with Crippen molar-refractivity contribution < 1.29 is 13.3 Å². The smallest absolute Gasteiger partial charge is 0.376 e. The summed E-state index contributed by atoms with van der Waals surface area (Å²) in [6, 6.07) is 0. The zero-order valence-corrected chi connectivity index (χ0v) is 16.2. The van der Waals surface area contributed by atoms with Crippen molar-refractivity contribution in [3.63, 3.8) is 0 Å². The van der Waals surface area contributed by atoms with E-state index in [4.69, 9.17) is 13.3 Å². The second-order valence-corrected chi connectivity index (χ2v) is 10.6. The summed E-state index contributed by atoms with van der Waals surface area (Å²) in [5.41, 5.74) is 0. The second kappa shape index (κ2) is 8.27. The quantitative estimate of drug-likeness (QED) is 0.603. The summed E-state index contributed by atoms with van der Waals surface area (Å²) >= 11 is 0. The summed E-state index contributed by atoms with van der Waals surface area (Å²) < 4.78 is 18.5. The number of rotatable bonds is 7. The highest BCUT2D eigenvalue weighted by Crippen LogP contribution is 2.59. The van der Waals surface area contributed by atoms with Crippen LogP contribution in [0.25, 0.3) is 0 Å². The minimum Gasteiger partial charge on any atom is -0.376 e. The maximum absolute atomic E-state index is 6.29. The van der Waals surface area contributed by atoms with E-state index in [1.165, 1.54) is 64.2 Å². The third-order valence-corrected chi connectivity index (χ3v) is 10.3. The summed E-state index contributed by atoms with van der Waals surface area (Å²) in [5.74, 6) is 1.39. The van der Waals surface area contributed by atoms with E-state index in [1.54, 1.807) is 0 Å². The van der Waals surface area contributed by atoms with E-state index in [2.05, 4.69) is 13.8 Å². The van der Waals surface area contributed by atoms with Crippen LogP contribution in [0, 0.1) is 11.8 Å². The van der Waals surface area contributed by atoms with E-state index in [-0.39, 0.29) is 5.04 Å². The standard InChI is InChI=1S/C18H36O3Si/c1-5-21-22(19-3,20-4)18(2,16-12-8-6-9-13-16)17-14-10-7-11-15-17/h16-17H,5-15H2,1-4H3. The van der Waals surface area contributed by atoms with E-state index in [0.29, 0.717) is 18.4 Å². The van der Waals surface area contributed by atoms with Gasteiger partial charge >= 0.3 is 8.80 Å². The first kappa shape index (κ1) is 18.4. The molecule has 0 radical (unpaired) electrons. The van der Waals surface area contributed by atoms with Gasteiger partial charge in [-0.1, -0.05) is 45.4 Å². The monoisotopic (exact) mass is 328 g/mol. The fourth-order valence-electron chi connectivity index (χ4n) is 5.22. The van der Waals surface area contributed by atoms with Crippen molar-refractivity contribution in [3.8, 4) is 0 Å². The Hall–Kier alpha value is 0.0969. The highest BCUT2D eigenvalue weighted by Gasteiger charge is 2.63. The molecule has 22 heavy (non-hydrogen) atoms. The van der Waals surface area contributed by atoms with Gasteiger partial charge in [-0.25, -0.2) is 0 Å². The first-order chi connectivity index (χ1) is 10.6. The second-order valence-electron chi connectivity index (χ2n) is 7.35. The molecule has 2 aliphatic rings. The van der Waals surface area contributed by atoms with Gasteiger partial charge in [0.2, 0.25) is 0 Å². The fraction of sp³-hybridized carbons (Fsp3) is 1.00. The zero-order valence-electron chi connectivity index (χ0n) is 15.2. The maximum atomic E-state index is 6.29. The molecule has 0 atom stereocenters. The SMILES string of the molecule is CCO[Si](OC)(OC)C(C)(C1CCCCC1)C1CCCCC1. The van der Waals surface area contributed by atoms with E-state index in [1.807, 2.05) is 14.2 Å². The molecule has 0 aromatic carbocycles. The minimum absolute atomic E-state index is 0.0767. The van der Waals surface area contributed by atoms with Crippen molar-refractivity contribution in [2.75, 3.05) is 20.8 Å². The predicted molar refractivity (Wildman–Crippen MR) is 92.9 cm³/mol. The zero-order chi connectivity index (χ0) is 16.1. The van der Waals surface area contributed by atoms with Crippen LogP contribution in [0.5, 0.6) is 0 Å². The molecule has 4 heteroatoms. The maximum Gasteiger partial charge on any atom is 0.507 e. The van der Waals surface area contributed by atoms with Gasteiger partial charge in [-0.3, -0.25) is 0 Å². The first-order valence-electron chi connectivity index (χ1n) is 9.38. The van der Waals surface area contributed by atoms with Gasteiger partial charge < -0.3 is 13.3 Å². The van der Waals surface area contributed by atoms with Gasteiger partial charge in [0.15, 0.2) is 0 Å². The van der Waals surface area contributed by atoms with Crippen molar-refractivity contribution in [1.82, 2.24) is 0 Å².